The van der Waals surface area contributed by atoms with Crippen LogP contribution in [0.15, 0.2) is 60.7 Å². The molecule has 132 valence electrons. The molecule has 0 fully saturated rings. The minimum atomic E-state index is -0.949. The third-order valence-corrected chi connectivity index (χ3v) is 3.83. The van der Waals surface area contributed by atoms with Crippen molar-refractivity contribution in [3.8, 4) is 5.75 Å². The van der Waals surface area contributed by atoms with Crippen LogP contribution in [0.5, 0.6) is 5.75 Å². The summed E-state index contributed by atoms with van der Waals surface area (Å²) in [7, 11) is 0. The highest BCUT2D eigenvalue weighted by Crippen LogP contribution is 2.17. The highest BCUT2D eigenvalue weighted by atomic mass is 16.5. The fourth-order valence-electron chi connectivity index (χ4n) is 2.48. The first-order valence-electron chi connectivity index (χ1n) is 8.38. The lowest BCUT2D eigenvalue weighted by Gasteiger charge is -2.13. The molecule has 0 amide bonds. The summed E-state index contributed by atoms with van der Waals surface area (Å²) in [6.45, 7) is 4.67. The molecule has 2 rings (SSSR count). The van der Waals surface area contributed by atoms with Crippen LogP contribution in [-0.2, 0) is 16.0 Å². The number of carboxylic acids is 1. The summed E-state index contributed by atoms with van der Waals surface area (Å²) in [5.74, 6) is -0.232. The molecule has 0 aliphatic rings. The highest BCUT2D eigenvalue weighted by molar-refractivity contribution is 5.72. The van der Waals surface area contributed by atoms with E-state index in [-0.39, 0.29) is 0 Å². The number of ether oxygens (including phenoxy) is 2. The fourth-order valence-corrected chi connectivity index (χ4v) is 2.48. The second-order valence-electron chi connectivity index (χ2n) is 5.70. The number of carbonyl (C=O) groups is 1. The number of carboxylic acid groups (broad SMARTS) is 1. The second-order valence-corrected chi connectivity index (χ2v) is 5.70. The molecule has 25 heavy (non-hydrogen) atoms. The average Bonchev–Trinajstić information content (AvgIpc) is 2.62. The Bertz CT molecular complexity index is 707. The number of aliphatic carboxylic acids is 1. The van der Waals surface area contributed by atoms with Gasteiger partial charge in [0, 0.05) is 13.0 Å². The van der Waals surface area contributed by atoms with E-state index < -0.39 is 12.1 Å². The minimum absolute atomic E-state index is 0.319. The normalized spacial score (nSPS) is 12.6. The highest BCUT2D eigenvalue weighted by Gasteiger charge is 2.18. The Morgan fingerprint density at radius 2 is 1.92 bits per heavy atom. The van der Waals surface area contributed by atoms with E-state index >= 15 is 0 Å². The van der Waals surface area contributed by atoms with Crippen molar-refractivity contribution >= 4 is 11.5 Å². The van der Waals surface area contributed by atoms with Gasteiger partial charge in [-0.05, 0) is 48.8 Å². The maximum absolute atomic E-state index is 11.2. The van der Waals surface area contributed by atoms with E-state index in [1.807, 2.05) is 48.5 Å². The lowest BCUT2D eigenvalue weighted by molar-refractivity contribution is -0.149. The zero-order chi connectivity index (χ0) is 18.1. The van der Waals surface area contributed by atoms with Crippen molar-refractivity contribution in [1.29, 1.82) is 0 Å². The van der Waals surface area contributed by atoms with Gasteiger partial charge in [-0.1, -0.05) is 42.5 Å². The van der Waals surface area contributed by atoms with Gasteiger partial charge in [-0.25, -0.2) is 4.79 Å². The van der Waals surface area contributed by atoms with Crippen LogP contribution in [0.4, 0.5) is 0 Å². The van der Waals surface area contributed by atoms with Crippen LogP contribution in [0, 0.1) is 0 Å². The number of benzene rings is 2. The fraction of sp³-hybridized carbons (Fsp3) is 0.286. The first-order chi connectivity index (χ1) is 12.1. The maximum Gasteiger partial charge on any atom is 0.333 e. The molecule has 0 aliphatic heterocycles. The SMILES string of the molecule is CCOC(Cc1cccc(OC/C=C(\C)c2ccccc2)c1)C(=O)O. The van der Waals surface area contributed by atoms with E-state index in [9.17, 15) is 9.90 Å². The third-order valence-electron chi connectivity index (χ3n) is 3.83. The Hall–Kier alpha value is -2.59. The van der Waals surface area contributed by atoms with Crippen LogP contribution < -0.4 is 4.74 Å². The largest absolute Gasteiger partial charge is 0.490 e. The van der Waals surface area contributed by atoms with Gasteiger partial charge in [0.15, 0.2) is 6.10 Å². The van der Waals surface area contributed by atoms with E-state index in [1.54, 1.807) is 6.92 Å². The van der Waals surface area contributed by atoms with E-state index in [0.717, 1.165) is 16.9 Å². The van der Waals surface area contributed by atoms with Crippen molar-refractivity contribution in [2.75, 3.05) is 13.2 Å². The van der Waals surface area contributed by atoms with Crippen molar-refractivity contribution in [3.63, 3.8) is 0 Å². The summed E-state index contributed by atoms with van der Waals surface area (Å²) in [5.41, 5.74) is 3.20. The first-order valence-corrected chi connectivity index (χ1v) is 8.38. The molecule has 0 aromatic heterocycles. The van der Waals surface area contributed by atoms with Crippen molar-refractivity contribution in [2.45, 2.75) is 26.4 Å². The van der Waals surface area contributed by atoms with Gasteiger partial charge in [0.25, 0.3) is 0 Å². The van der Waals surface area contributed by atoms with Crippen molar-refractivity contribution in [1.82, 2.24) is 0 Å². The monoisotopic (exact) mass is 340 g/mol. The summed E-state index contributed by atoms with van der Waals surface area (Å²) in [4.78, 5) is 11.2. The van der Waals surface area contributed by atoms with Gasteiger partial charge >= 0.3 is 5.97 Å². The van der Waals surface area contributed by atoms with Crippen LogP contribution in [0.2, 0.25) is 0 Å². The molecule has 4 heteroatoms. The molecule has 2 aromatic rings. The Labute approximate surface area is 148 Å². The summed E-state index contributed by atoms with van der Waals surface area (Å²) in [6.07, 6.45) is 1.52. The molecule has 1 unspecified atom stereocenters. The summed E-state index contributed by atoms with van der Waals surface area (Å²) >= 11 is 0. The summed E-state index contributed by atoms with van der Waals surface area (Å²) in [6, 6.07) is 17.6. The van der Waals surface area contributed by atoms with E-state index in [1.165, 1.54) is 5.56 Å². The van der Waals surface area contributed by atoms with Crippen molar-refractivity contribution in [2.24, 2.45) is 0 Å². The van der Waals surface area contributed by atoms with Gasteiger partial charge in [-0.15, -0.1) is 0 Å². The molecular weight excluding hydrogens is 316 g/mol. The van der Waals surface area contributed by atoms with Crippen molar-refractivity contribution in [3.05, 3.63) is 71.8 Å². The molecule has 0 bridgehead atoms. The van der Waals surface area contributed by atoms with Gasteiger partial charge in [-0.2, -0.15) is 0 Å². The molecule has 2 aromatic carbocycles. The standard InChI is InChI=1S/C21H24O4/c1-3-24-20(21(22)23)15-17-8-7-11-19(14-17)25-13-12-16(2)18-9-5-4-6-10-18/h4-12,14,20H,3,13,15H2,1-2H3,(H,22,23)/b16-12+. The van der Waals surface area contributed by atoms with Crippen LogP contribution in [0.3, 0.4) is 0 Å². The minimum Gasteiger partial charge on any atom is -0.490 e. The molecule has 0 spiro atoms. The zero-order valence-electron chi connectivity index (χ0n) is 14.6. The molecule has 0 heterocycles. The summed E-state index contributed by atoms with van der Waals surface area (Å²) < 4.78 is 11.0. The molecular formula is C21H24O4. The van der Waals surface area contributed by atoms with Crippen LogP contribution in [0.25, 0.3) is 5.57 Å². The lowest BCUT2D eigenvalue weighted by atomic mass is 10.1. The van der Waals surface area contributed by atoms with Gasteiger partial charge in [0.2, 0.25) is 0 Å². The molecule has 0 saturated carbocycles. The summed E-state index contributed by atoms with van der Waals surface area (Å²) in [5, 5.41) is 9.18. The van der Waals surface area contributed by atoms with Crippen LogP contribution >= 0.6 is 0 Å². The Balaban J connectivity index is 1.96. The molecule has 1 N–H and O–H groups in total. The zero-order valence-corrected chi connectivity index (χ0v) is 14.6. The average molecular weight is 340 g/mol. The Kier molecular flexibility index (Phi) is 7.23. The Morgan fingerprint density at radius 3 is 2.60 bits per heavy atom. The molecule has 0 saturated heterocycles. The Morgan fingerprint density at radius 1 is 1.16 bits per heavy atom. The predicted molar refractivity (Wildman–Crippen MR) is 98.8 cm³/mol. The van der Waals surface area contributed by atoms with Gasteiger partial charge < -0.3 is 14.6 Å². The number of allylic oxidation sites excluding steroid dienone is 1. The number of rotatable bonds is 9. The first kappa shape index (κ1) is 18.7. The molecule has 0 aliphatic carbocycles. The van der Waals surface area contributed by atoms with E-state index in [2.05, 4.69) is 19.1 Å². The van der Waals surface area contributed by atoms with Crippen molar-refractivity contribution < 1.29 is 19.4 Å². The molecule has 0 radical (unpaired) electrons. The number of hydrogen-bond acceptors (Lipinski definition) is 3. The second kappa shape index (κ2) is 9.64. The molecule has 4 nitrogen and oxygen atoms in total. The maximum atomic E-state index is 11.2. The van der Waals surface area contributed by atoms with Crippen LogP contribution in [0.1, 0.15) is 25.0 Å². The van der Waals surface area contributed by atoms with Gasteiger partial charge in [0.1, 0.15) is 12.4 Å². The molecule has 1 atom stereocenters. The lowest BCUT2D eigenvalue weighted by Crippen LogP contribution is -2.26. The third kappa shape index (κ3) is 6.08. The van der Waals surface area contributed by atoms with Crippen LogP contribution in [-0.4, -0.2) is 30.4 Å². The van der Waals surface area contributed by atoms with Gasteiger partial charge in [0.05, 0.1) is 0 Å². The smallest absolute Gasteiger partial charge is 0.333 e. The topological polar surface area (TPSA) is 55.8 Å². The number of hydrogen-bond donors (Lipinski definition) is 1. The van der Waals surface area contributed by atoms with Gasteiger partial charge in [-0.3, -0.25) is 0 Å². The van der Waals surface area contributed by atoms with E-state index in [4.69, 9.17) is 9.47 Å². The quantitative estimate of drug-likeness (QED) is 0.743. The predicted octanol–water partition coefficient (Wildman–Crippen LogP) is 4.20. The van der Waals surface area contributed by atoms with E-state index in [0.29, 0.717) is 19.6 Å².